The number of aliphatic imine (C=N–C) groups is 1. The molecule has 0 aliphatic carbocycles. The van der Waals surface area contributed by atoms with Gasteiger partial charge in [0.15, 0.2) is 5.96 Å². The molecule has 0 saturated heterocycles. The Morgan fingerprint density at radius 2 is 1.54 bits per heavy atom. The lowest BCUT2D eigenvalue weighted by molar-refractivity contribution is 0.572. The standard InChI is InChI=1S/C21H24N4O/c1-15-4-8-17(9-5-15)12-23-21(22-3)24-13-19-14-26-20(25-19)18-10-6-16(2)7-11-18/h4-11,14H,12-13H2,1-3H3,(H2,22,23,24). The van der Waals surface area contributed by atoms with Crippen molar-refractivity contribution < 1.29 is 4.42 Å². The summed E-state index contributed by atoms with van der Waals surface area (Å²) in [6, 6.07) is 16.6. The Kier molecular flexibility index (Phi) is 5.69. The molecule has 0 amide bonds. The molecule has 0 bridgehead atoms. The molecule has 0 radical (unpaired) electrons. The summed E-state index contributed by atoms with van der Waals surface area (Å²) in [6.07, 6.45) is 1.68. The zero-order valence-corrected chi connectivity index (χ0v) is 15.4. The minimum atomic E-state index is 0.545. The van der Waals surface area contributed by atoms with Crippen LogP contribution < -0.4 is 10.6 Å². The lowest BCUT2D eigenvalue weighted by Crippen LogP contribution is -2.36. The van der Waals surface area contributed by atoms with E-state index >= 15 is 0 Å². The number of rotatable bonds is 5. The zero-order chi connectivity index (χ0) is 18.4. The van der Waals surface area contributed by atoms with Crippen molar-refractivity contribution >= 4 is 5.96 Å². The van der Waals surface area contributed by atoms with Crippen LogP contribution in [0.25, 0.3) is 11.5 Å². The Hall–Kier alpha value is -3.08. The summed E-state index contributed by atoms with van der Waals surface area (Å²) in [5, 5.41) is 6.56. The summed E-state index contributed by atoms with van der Waals surface area (Å²) >= 11 is 0. The van der Waals surface area contributed by atoms with Gasteiger partial charge >= 0.3 is 0 Å². The van der Waals surface area contributed by atoms with Crippen molar-refractivity contribution in [3.63, 3.8) is 0 Å². The number of hydrogen-bond acceptors (Lipinski definition) is 3. The normalized spacial score (nSPS) is 11.4. The van der Waals surface area contributed by atoms with Crippen LogP contribution in [0.3, 0.4) is 0 Å². The van der Waals surface area contributed by atoms with Gasteiger partial charge in [-0.15, -0.1) is 0 Å². The van der Waals surface area contributed by atoms with Gasteiger partial charge in [-0.25, -0.2) is 4.98 Å². The zero-order valence-electron chi connectivity index (χ0n) is 15.4. The van der Waals surface area contributed by atoms with Gasteiger partial charge in [-0.05, 0) is 31.5 Å². The average Bonchev–Trinajstić information content (AvgIpc) is 3.13. The van der Waals surface area contributed by atoms with E-state index in [9.17, 15) is 0 Å². The Bertz CT molecular complexity index is 864. The molecule has 0 saturated carbocycles. The van der Waals surface area contributed by atoms with Gasteiger partial charge in [-0.3, -0.25) is 4.99 Å². The number of aryl methyl sites for hydroxylation is 2. The fraction of sp³-hybridized carbons (Fsp3) is 0.238. The first-order chi connectivity index (χ1) is 12.6. The fourth-order valence-corrected chi connectivity index (χ4v) is 2.50. The maximum absolute atomic E-state index is 5.59. The number of guanidine groups is 1. The van der Waals surface area contributed by atoms with Gasteiger partial charge in [0.25, 0.3) is 0 Å². The summed E-state index contributed by atoms with van der Waals surface area (Å²) < 4.78 is 5.59. The summed E-state index contributed by atoms with van der Waals surface area (Å²) in [6.45, 7) is 5.40. The number of nitrogens with one attached hydrogen (secondary N) is 2. The summed E-state index contributed by atoms with van der Waals surface area (Å²) in [7, 11) is 1.75. The molecule has 3 rings (SSSR count). The maximum Gasteiger partial charge on any atom is 0.226 e. The molecule has 0 unspecified atom stereocenters. The van der Waals surface area contributed by atoms with Crippen LogP contribution in [0.5, 0.6) is 0 Å². The number of nitrogens with zero attached hydrogens (tertiary/aromatic N) is 2. The largest absolute Gasteiger partial charge is 0.444 e. The molecule has 134 valence electrons. The molecular formula is C21H24N4O. The van der Waals surface area contributed by atoms with Crippen LogP contribution in [-0.2, 0) is 13.1 Å². The van der Waals surface area contributed by atoms with Gasteiger partial charge in [-0.2, -0.15) is 0 Å². The van der Waals surface area contributed by atoms with Crippen LogP contribution in [0.4, 0.5) is 0 Å². The Morgan fingerprint density at radius 1 is 0.923 bits per heavy atom. The second-order valence-corrected chi connectivity index (χ2v) is 6.27. The van der Waals surface area contributed by atoms with Gasteiger partial charge in [-0.1, -0.05) is 47.5 Å². The van der Waals surface area contributed by atoms with E-state index in [1.807, 2.05) is 24.3 Å². The molecule has 1 heterocycles. The number of oxazole rings is 1. The summed E-state index contributed by atoms with van der Waals surface area (Å²) in [5.74, 6) is 1.36. The second-order valence-electron chi connectivity index (χ2n) is 6.27. The van der Waals surface area contributed by atoms with E-state index in [1.165, 1.54) is 16.7 Å². The molecule has 26 heavy (non-hydrogen) atoms. The molecule has 3 aromatic rings. The Balaban J connectivity index is 1.54. The third-order valence-corrected chi connectivity index (χ3v) is 4.09. The Morgan fingerprint density at radius 3 is 2.19 bits per heavy atom. The van der Waals surface area contributed by atoms with Crippen molar-refractivity contribution in [2.45, 2.75) is 26.9 Å². The van der Waals surface area contributed by atoms with Crippen molar-refractivity contribution in [3.05, 3.63) is 77.2 Å². The van der Waals surface area contributed by atoms with Gasteiger partial charge in [0.2, 0.25) is 5.89 Å². The lowest BCUT2D eigenvalue weighted by atomic mass is 10.1. The molecule has 5 nitrogen and oxygen atoms in total. The van der Waals surface area contributed by atoms with Crippen LogP contribution in [0, 0.1) is 13.8 Å². The monoisotopic (exact) mass is 348 g/mol. The van der Waals surface area contributed by atoms with Crippen LogP contribution in [0.2, 0.25) is 0 Å². The highest BCUT2D eigenvalue weighted by molar-refractivity contribution is 5.79. The van der Waals surface area contributed by atoms with Crippen LogP contribution in [0.1, 0.15) is 22.4 Å². The van der Waals surface area contributed by atoms with Crippen LogP contribution in [-0.4, -0.2) is 18.0 Å². The first kappa shape index (κ1) is 17.7. The Labute approximate surface area is 154 Å². The van der Waals surface area contributed by atoms with Crippen LogP contribution in [0.15, 0.2) is 64.2 Å². The first-order valence-electron chi connectivity index (χ1n) is 8.65. The smallest absolute Gasteiger partial charge is 0.226 e. The molecular weight excluding hydrogens is 324 g/mol. The lowest BCUT2D eigenvalue weighted by Gasteiger charge is -2.11. The number of aromatic nitrogens is 1. The third-order valence-electron chi connectivity index (χ3n) is 4.09. The number of hydrogen-bond donors (Lipinski definition) is 2. The molecule has 0 atom stereocenters. The van der Waals surface area contributed by atoms with Crippen molar-refractivity contribution in [2.24, 2.45) is 4.99 Å². The average molecular weight is 348 g/mol. The van der Waals surface area contributed by atoms with E-state index in [1.54, 1.807) is 13.3 Å². The first-order valence-corrected chi connectivity index (χ1v) is 8.65. The van der Waals surface area contributed by atoms with E-state index in [4.69, 9.17) is 4.42 Å². The molecule has 2 aromatic carbocycles. The van der Waals surface area contributed by atoms with E-state index in [0.717, 1.165) is 17.2 Å². The van der Waals surface area contributed by atoms with E-state index in [2.05, 4.69) is 58.7 Å². The molecule has 1 aromatic heterocycles. The summed E-state index contributed by atoms with van der Waals surface area (Å²) in [5.41, 5.74) is 5.49. The molecule has 0 fully saturated rings. The molecule has 0 spiro atoms. The van der Waals surface area contributed by atoms with Crippen molar-refractivity contribution in [1.82, 2.24) is 15.6 Å². The highest BCUT2D eigenvalue weighted by atomic mass is 16.3. The SMILES string of the molecule is CN=C(NCc1ccc(C)cc1)NCc1coc(-c2ccc(C)cc2)n1. The minimum absolute atomic E-state index is 0.545. The van der Waals surface area contributed by atoms with Gasteiger partial charge in [0.05, 0.1) is 12.2 Å². The predicted molar refractivity (Wildman–Crippen MR) is 105 cm³/mol. The molecule has 0 aliphatic heterocycles. The van der Waals surface area contributed by atoms with Crippen molar-refractivity contribution in [1.29, 1.82) is 0 Å². The molecule has 2 N–H and O–H groups in total. The predicted octanol–water partition coefficient (Wildman–Crippen LogP) is 3.82. The van der Waals surface area contributed by atoms with Gasteiger partial charge < -0.3 is 15.1 Å². The van der Waals surface area contributed by atoms with Gasteiger partial charge in [0, 0.05) is 19.2 Å². The highest BCUT2D eigenvalue weighted by Crippen LogP contribution is 2.18. The highest BCUT2D eigenvalue weighted by Gasteiger charge is 2.07. The number of benzene rings is 2. The van der Waals surface area contributed by atoms with E-state index in [-0.39, 0.29) is 0 Å². The summed E-state index contributed by atoms with van der Waals surface area (Å²) in [4.78, 5) is 8.78. The van der Waals surface area contributed by atoms with Crippen LogP contribution >= 0.6 is 0 Å². The van der Waals surface area contributed by atoms with Crippen molar-refractivity contribution in [2.75, 3.05) is 7.05 Å². The minimum Gasteiger partial charge on any atom is -0.444 e. The second kappa shape index (κ2) is 8.34. The van der Waals surface area contributed by atoms with Crippen molar-refractivity contribution in [3.8, 4) is 11.5 Å². The molecule has 5 heteroatoms. The van der Waals surface area contributed by atoms with E-state index in [0.29, 0.717) is 19.0 Å². The van der Waals surface area contributed by atoms with E-state index < -0.39 is 0 Å². The molecule has 0 aliphatic rings. The maximum atomic E-state index is 5.59. The fourth-order valence-electron chi connectivity index (χ4n) is 2.50. The van der Waals surface area contributed by atoms with Gasteiger partial charge in [0.1, 0.15) is 6.26 Å². The quantitative estimate of drug-likeness (QED) is 0.543. The topological polar surface area (TPSA) is 62.5 Å². The third kappa shape index (κ3) is 4.72.